The highest BCUT2D eigenvalue weighted by Crippen LogP contribution is 2.23. The number of carbonyl (C=O) groups excluding carboxylic acids is 1. The molecule has 1 saturated heterocycles. The van der Waals surface area contributed by atoms with E-state index in [1.54, 1.807) is 0 Å². The average molecular weight is 438 g/mol. The summed E-state index contributed by atoms with van der Waals surface area (Å²) in [5.41, 5.74) is 0.868. The van der Waals surface area contributed by atoms with Crippen LogP contribution < -0.4 is 10.1 Å². The van der Waals surface area contributed by atoms with Crippen LogP contribution in [0.1, 0.15) is 6.92 Å². The van der Waals surface area contributed by atoms with Crippen LogP contribution in [0.15, 0.2) is 66.7 Å². The minimum atomic E-state index is -0.175. The first kappa shape index (κ1) is 21.6. The molecule has 1 heterocycles. The second-order valence-corrected chi connectivity index (χ2v) is 8.31. The quantitative estimate of drug-likeness (QED) is 0.590. The number of rotatable bonds is 7. The molecule has 3 aromatic rings. The van der Waals surface area contributed by atoms with E-state index in [2.05, 4.69) is 27.2 Å². The lowest BCUT2D eigenvalue weighted by molar-refractivity contribution is -0.121. The number of piperazine rings is 1. The number of hydrogen-bond donors (Lipinski definition) is 1. The van der Waals surface area contributed by atoms with Crippen LogP contribution in [0, 0.1) is 0 Å². The molecule has 1 aliphatic rings. The van der Waals surface area contributed by atoms with E-state index in [-0.39, 0.29) is 11.9 Å². The van der Waals surface area contributed by atoms with Gasteiger partial charge in [-0.05, 0) is 42.6 Å². The molecule has 4 rings (SSSR count). The molecular weight excluding hydrogens is 410 g/mol. The van der Waals surface area contributed by atoms with Gasteiger partial charge in [-0.15, -0.1) is 0 Å². The van der Waals surface area contributed by atoms with E-state index < -0.39 is 0 Å². The Labute approximate surface area is 188 Å². The second kappa shape index (κ2) is 10.1. The summed E-state index contributed by atoms with van der Waals surface area (Å²) in [5.74, 6) is 0.873. The molecule has 1 N–H and O–H groups in total. The van der Waals surface area contributed by atoms with Crippen LogP contribution in [0.2, 0.25) is 5.02 Å². The Morgan fingerprint density at radius 1 is 1.00 bits per heavy atom. The van der Waals surface area contributed by atoms with Gasteiger partial charge in [0.15, 0.2) is 0 Å². The van der Waals surface area contributed by atoms with E-state index in [1.165, 1.54) is 0 Å². The van der Waals surface area contributed by atoms with Crippen LogP contribution in [-0.2, 0) is 4.79 Å². The minimum Gasteiger partial charge on any atom is -0.492 e. The molecule has 1 fully saturated rings. The second-order valence-electron chi connectivity index (χ2n) is 7.87. The van der Waals surface area contributed by atoms with Crippen molar-refractivity contribution in [3.05, 3.63) is 71.8 Å². The average Bonchev–Trinajstić information content (AvgIpc) is 2.80. The lowest BCUT2D eigenvalue weighted by Crippen LogP contribution is -2.53. The molecule has 1 atom stereocenters. The Bertz CT molecular complexity index is 1010. The number of nitrogens with one attached hydrogen (secondary N) is 1. The summed E-state index contributed by atoms with van der Waals surface area (Å²) >= 11 is 5.90. The molecule has 1 amide bonds. The topological polar surface area (TPSA) is 44.8 Å². The van der Waals surface area contributed by atoms with Gasteiger partial charge in [0.2, 0.25) is 5.91 Å². The van der Waals surface area contributed by atoms with Crippen LogP contribution in [0.25, 0.3) is 10.8 Å². The van der Waals surface area contributed by atoms with E-state index in [0.29, 0.717) is 11.6 Å². The summed E-state index contributed by atoms with van der Waals surface area (Å²) in [6.45, 7) is 7.08. The fourth-order valence-corrected chi connectivity index (χ4v) is 4.06. The number of nitrogens with zero attached hydrogens (tertiary/aromatic N) is 2. The maximum atomic E-state index is 12.9. The van der Waals surface area contributed by atoms with Crippen LogP contribution in [0.4, 0.5) is 5.69 Å². The highest BCUT2D eigenvalue weighted by Gasteiger charge is 2.25. The monoisotopic (exact) mass is 437 g/mol. The Kier molecular flexibility index (Phi) is 7.07. The number of anilines is 1. The summed E-state index contributed by atoms with van der Waals surface area (Å²) < 4.78 is 5.80. The van der Waals surface area contributed by atoms with Crippen molar-refractivity contribution in [3.63, 3.8) is 0 Å². The van der Waals surface area contributed by atoms with Crippen LogP contribution in [-0.4, -0.2) is 61.1 Å². The van der Waals surface area contributed by atoms with Crippen molar-refractivity contribution in [1.82, 2.24) is 9.80 Å². The Balaban J connectivity index is 1.24. The van der Waals surface area contributed by atoms with Crippen molar-refractivity contribution >= 4 is 34.0 Å². The van der Waals surface area contributed by atoms with Gasteiger partial charge in [-0.3, -0.25) is 14.6 Å². The van der Waals surface area contributed by atoms with E-state index >= 15 is 0 Å². The summed E-state index contributed by atoms with van der Waals surface area (Å²) in [6, 6.07) is 21.4. The third-order valence-electron chi connectivity index (χ3n) is 5.87. The molecule has 5 nitrogen and oxygen atoms in total. The zero-order valence-electron chi connectivity index (χ0n) is 17.8. The number of carbonyl (C=O) groups is 1. The molecule has 162 valence electrons. The maximum absolute atomic E-state index is 12.9. The standard InChI is InChI=1S/C25H28ClN3O2/c1-19(25(30)27-24-8-4-6-20-5-2-3-7-23(20)24)29-15-13-28(14-16-29)17-18-31-22-11-9-21(26)10-12-22/h2-12,19H,13-18H2,1H3,(H,27,30). The Morgan fingerprint density at radius 2 is 1.71 bits per heavy atom. The highest BCUT2D eigenvalue weighted by atomic mass is 35.5. The molecular formula is C25H28ClN3O2. The minimum absolute atomic E-state index is 0.0378. The number of halogens is 1. The summed E-state index contributed by atoms with van der Waals surface area (Å²) in [7, 11) is 0. The summed E-state index contributed by atoms with van der Waals surface area (Å²) in [4.78, 5) is 17.5. The SMILES string of the molecule is CC(C(=O)Nc1cccc2ccccc12)N1CCN(CCOc2ccc(Cl)cc2)CC1. The van der Waals surface area contributed by atoms with Gasteiger partial charge in [0.25, 0.3) is 0 Å². The third kappa shape index (κ3) is 5.56. The first-order chi connectivity index (χ1) is 15.1. The van der Waals surface area contributed by atoms with Crippen molar-refractivity contribution < 1.29 is 9.53 Å². The molecule has 0 radical (unpaired) electrons. The van der Waals surface area contributed by atoms with E-state index in [1.807, 2.05) is 61.5 Å². The molecule has 0 bridgehead atoms. The van der Waals surface area contributed by atoms with Gasteiger partial charge < -0.3 is 10.1 Å². The number of ether oxygens (including phenoxy) is 1. The number of benzene rings is 3. The summed E-state index contributed by atoms with van der Waals surface area (Å²) in [5, 5.41) is 6.03. The molecule has 1 unspecified atom stereocenters. The molecule has 6 heteroatoms. The molecule has 0 aromatic heterocycles. The molecule has 31 heavy (non-hydrogen) atoms. The summed E-state index contributed by atoms with van der Waals surface area (Å²) in [6.07, 6.45) is 0. The van der Waals surface area contributed by atoms with Crippen LogP contribution >= 0.6 is 11.6 Å². The van der Waals surface area contributed by atoms with Gasteiger partial charge in [-0.2, -0.15) is 0 Å². The van der Waals surface area contributed by atoms with Crippen LogP contribution in [0.3, 0.4) is 0 Å². The third-order valence-corrected chi connectivity index (χ3v) is 6.12. The van der Waals surface area contributed by atoms with Gasteiger partial charge in [0.05, 0.1) is 6.04 Å². The molecule has 0 saturated carbocycles. The van der Waals surface area contributed by atoms with Crippen molar-refractivity contribution in [1.29, 1.82) is 0 Å². The predicted octanol–water partition coefficient (Wildman–Crippen LogP) is 4.52. The van der Waals surface area contributed by atoms with E-state index in [9.17, 15) is 4.79 Å². The highest BCUT2D eigenvalue weighted by molar-refractivity contribution is 6.30. The Morgan fingerprint density at radius 3 is 2.48 bits per heavy atom. The van der Waals surface area contributed by atoms with Crippen molar-refractivity contribution in [2.24, 2.45) is 0 Å². The molecule has 0 spiro atoms. The first-order valence-corrected chi connectivity index (χ1v) is 11.1. The first-order valence-electron chi connectivity index (χ1n) is 10.7. The molecule has 0 aliphatic carbocycles. The van der Waals surface area contributed by atoms with E-state index in [0.717, 1.165) is 54.9 Å². The fraction of sp³-hybridized carbons (Fsp3) is 0.320. The zero-order valence-corrected chi connectivity index (χ0v) is 18.5. The van der Waals surface area contributed by atoms with Gasteiger partial charge in [-0.1, -0.05) is 48.0 Å². The molecule has 1 aliphatic heterocycles. The largest absolute Gasteiger partial charge is 0.492 e. The number of hydrogen-bond acceptors (Lipinski definition) is 4. The van der Waals surface area contributed by atoms with E-state index in [4.69, 9.17) is 16.3 Å². The lowest BCUT2D eigenvalue weighted by atomic mass is 10.1. The zero-order chi connectivity index (χ0) is 21.6. The Hall–Kier alpha value is -2.60. The molecule has 3 aromatic carbocycles. The van der Waals surface area contributed by atoms with Crippen molar-refractivity contribution in [2.75, 3.05) is 44.6 Å². The maximum Gasteiger partial charge on any atom is 0.241 e. The van der Waals surface area contributed by atoms with Gasteiger partial charge >= 0.3 is 0 Å². The van der Waals surface area contributed by atoms with Gasteiger partial charge in [0.1, 0.15) is 12.4 Å². The lowest BCUT2D eigenvalue weighted by Gasteiger charge is -2.37. The van der Waals surface area contributed by atoms with Crippen LogP contribution in [0.5, 0.6) is 5.75 Å². The normalized spacial score (nSPS) is 16.2. The predicted molar refractivity (Wildman–Crippen MR) is 127 cm³/mol. The smallest absolute Gasteiger partial charge is 0.241 e. The van der Waals surface area contributed by atoms with Crippen molar-refractivity contribution in [2.45, 2.75) is 13.0 Å². The van der Waals surface area contributed by atoms with Crippen molar-refractivity contribution in [3.8, 4) is 5.75 Å². The number of amides is 1. The van der Waals surface area contributed by atoms with Gasteiger partial charge in [-0.25, -0.2) is 0 Å². The fourth-order valence-electron chi connectivity index (χ4n) is 3.94. The van der Waals surface area contributed by atoms with Gasteiger partial charge in [0, 0.05) is 48.8 Å². The number of fused-ring (bicyclic) bond motifs is 1.